The van der Waals surface area contributed by atoms with Gasteiger partial charge in [0.1, 0.15) is 11.6 Å². The smallest absolute Gasteiger partial charge is 0.130 e. The molecule has 17 heavy (non-hydrogen) atoms. The molecule has 0 aliphatic carbocycles. The summed E-state index contributed by atoms with van der Waals surface area (Å²) in [5.74, 6) is 1.75. The Bertz CT molecular complexity index is 327. The van der Waals surface area contributed by atoms with Crippen LogP contribution in [0.3, 0.4) is 0 Å². The van der Waals surface area contributed by atoms with Gasteiger partial charge in [-0.15, -0.1) is 0 Å². The van der Waals surface area contributed by atoms with Gasteiger partial charge in [0, 0.05) is 24.3 Å². The zero-order chi connectivity index (χ0) is 12.8. The van der Waals surface area contributed by atoms with Crippen molar-refractivity contribution in [3.8, 4) is 0 Å². The van der Waals surface area contributed by atoms with Crippen molar-refractivity contribution in [3.05, 3.63) is 17.6 Å². The Hall–Kier alpha value is -1.16. The van der Waals surface area contributed by atoms with Gasteiger partial charge in [-0.1, -0.05) is 13.8 Å². The first-order valence-corrected chi connectivity index (χ1v) is 6.36. The fourth-order valence-corrected chi connectivity index (χ4v) is 1.96. The van der Waals surface area contributed by atoms with E-state index in [9.17, 15) is 0 Å². The van der Waals surface area contributed by atoms with Gasteiger partial charge in [-0.05, 0) is 33.9 Å². The summed E-state index contributed by atoms with van der Waals surface area (Å²) in [6.45, 7) is 13.7. The van der Waals surface area contributed by atoms with Crippen LogP contribution in [0.4, 0.5) is 5.82 Å². The minimum absolute atomic E-state index is 0.392. The van der Waals surface area contributed by atoms with Crippen LogP contribution in [0.2, 0.25) is 0 Å². The number of nitrogens with zero attached hydrogens (tertiary/aromatic N) is 3. The molecule has 1 N–H and O–H groups in total. The minimum atomic E-state index is 0.392. The van der Waals surface area contributed by atoms with Gasteiger partial charge in [0.15, 0.2) is 0 Å². The molecular formula is C13H24N4. The Labute approximate surface area is 104 Å². The predicted octanol–water partition coefficient (Wildman–Crippen LogP) is 2.24. The second-order valence-corrected chi connectivity index (χ2v) is 4.47. The van der Waals surface area contributed by atoms with Crippen LogP contribution in [0.25, 0.3) is 0 Å². The Morgan fingerprint density at radius 3 is 2.41 bits per heavy atom. The number of nitrogens with one attached hydrogen (secondary N) is 1. The minimum Gasteiger partial charge on any atom is -0.366 e. The maximum atomic E-state index is 4.39. The molecule has 4 heteroatoms. The molecule has 1 unspecified atom stereocenters. The zero-order valence-corrected chi connectivity index (χ0v) is 11.6. The molecule has 1 atom stereocenters. The molecule has 1 heterocycles. The van der Waals surface area contributed by atoms with Crippen molar-refractivity contribution in [2.45, 2.75) is 40.7 Å². The summed E-state index contributed by atoms with van der Waals surface area (Å²) >= 11 is 0. The summed E-state index contributed by atoms with van der Waals surface area (Å²) in [5.41, 5.74) is 1.01. The number of hydrogen-bond donors (Lipinski definition) is 1. The highest BCUT2D eigenvalue weighted by Gasteiger charge is 2.08. The lowest BCUT2D eigenvalue weighted by Crippen LogP contribution is -2.35. The van der Waals surface area contributed by atoms with Crippen molar-refractivity contribution >= 4 is 5.82 Å². The van der Waals surface area contributed by atoms with Gasteiger partial charge < -0.3 is 10.2 Å². The molecule has 0 bridgehead atoms. The van der Waals surface area contributed by atoms with Gasteiger partial charge in [0.2, 0.25) is 0 Å². The molecule has 0 aromatic carbocycles. The van der Waals surface area contributed by atoms with Crippen molar-refractivity contribution in [1.82, 2.24) is 14.9 Å². The average Bonchev–Trinajstić information content (AvgIpc) is 2.24. The maximum absolute atomic E-state index is 4.39. The third-order valence-corrected chi connectivity index (χ3v) is 2.79. The molecule has 1 rings (SSSR count). The standard InChI is InChI=1S/C13H24N4/c1-6-17(7-2)9-11(4)15-13-8-10(3)14-12(5)16-13/h8,11H,6-7,9H2,1-5H3,(H,14,15,16). The number of aromatic nitrogens is 2. The highest BCUT2D eigenvalue weighted by atomic mass is 15.2. The highest BCUT2D eigenvalue weighted by molar-refractivity contribution is 5.36. The predicted molar refractivity (Wildman–Crippen MR) is 72.4 cm³/mol. The summed E-state index contributed by atoms with van der Waals surface area (Å²) in [7, 11) is 0. The molecule has 0 aliphatic heterocycles. The van der Waals surface area contributed by atoms with Crippen molar-refractivity contribution < 1.29 is 0 Å². The molecule has 0 fully saturated rings. The monoisotopic (exact) mass is 236 g/mol. The van der Waals surface area contributed by atoms with Crippen LogP contribution in [0, 0.1) is 13.8 Å². The molecule has 0 saturated carbocycles. The van der Waals surface area contributed by atoms with Gasteiger partial charge >= 0.3 is 0 Å². The lowest BCUT2D eigenvalue weighted by molar-refractivity contribution is 0.294. The van der Waals surface area contributed by atoms with Gasteiger partial charge in [-0.2, -0.15) is 0 Å². The van der Waals surface area contributed by atoms with Gasteiger partial charge in [-0.3, -0.25) is 0 Å². The maximum Gasteiger partial charge on any atom is 0.130 e. The summed E-state index contributed by atoms with van der Waals surface area (Å²) < 4.78 is 0. The summed E-state index contributed by atoms with van der Waals surface area (Å²) in [5, 5.41) is 3.43. The molecule has 96 valence electrons. The first kappa shape index (κ1) is 13.9. The molecule has 0 spiro atoms. The van der Waals surface area contributed by atoms with Gasteiger partial charge in [0.05, 0.1) is 0 Å². The molecule has 0 radical (unpaired) electrons. The fraction of sp³-hybridized carbons (Fsp3) is 0.692. The molecule has 4 nitrogen and oxygen atoms in total. The third-order valence-electron chi connectivity index (χ3n) is 2.79. The number of rotatable bonds is 6. The van der Waals surface area contributed by atoms with Crippen LogP contribution in [0.15, 0.2) is 6.07 Å². The quantitative estimate of drug-likeness (QED) is 0.822. The van der Waals surface area contributed by atoms with E-state index in [4.69, 9.17) is 0 Å². The second-order valence-electron chi connectivity index (χ2n) is 4.47. The largest absolute Gasteiger partial charge is 0.366 e. The lowest BCUT2D eigenvalue weighted by atomic mass is 10.3. The number of anilines is 1. The first-order valence-electron chi connectivity index (χ1n) is 6.36. The van der Waals surface area contributed by atoms with E-state index in [1.165, 1.54) is 0 Å². The Morgan fingerprint density at radius 2 is 1.88 bits per heavy atom. The number of aryl methyl sites for hydroxylation is 2. The highest BCUT2D eigenvalue weighted by Crippen LogP contribution is 2.07. The first-order chi connectivity index (χ1) is 8.05. The van der Waals surface area contributed by atoms with Crippen LogP contribution in [0.1, 0.15) is 32.3 Å². The van der Waals surface area contributed by atoms with E-state index < -0.39 is 0 Å². The molecule has 0 amide bonds. The van der Waals surface area contributed by atoms with Gasteiger partial charge in [0.25, 0.3) is 0 Å². The summed E-state index contributed by atoms with van der Waals surface area (Å²) in [4.78, 5) is 11.1. The second kappa shape index (κ2) is 6.55. The van der Waals surface area contributed by atoms with E-state index in [2.05, 4.69) is 41.0 Å². The lowest BCUT2D eigenvalue weighted by Gasteiger charge is -2.23. The molecule has 1 aromatic rings. The Morgan fingerprint density at radius 1 is 1.24 bits per heavy atom. The van der Waals surface area contributed by atoms with E-state index in [-0.39, 0.29) is 0 Å². The van der Waals surface area contributed by atoms with E-state index >= 15 is 0 Å². The van der Waals surface area contributed by atoms with E-state index in [0.717, 1.165) is 37.0 Å². The Kier molecular flexibility index (Phi) is 5.35. The topological polar surface area (TPSA) is 41.0 Å². The molecular weight excluding hydrogens is 212 g/mol. The SMILES string of the molecule is CCN(CC)CC(C)Nc1cc(C)nc(C)n1. The molecule has 1 aromatic heterocycles. The van der Waals surface area contributed by atoms with Crippen LogP contribution in [0.5, 0.6) is 0 Å². The third kappa shape index (κ3) is 4.69. The van der Waals surface area contributed by atoms with Crippen molar-refractivity contribution in [2.75, 3.05) is 25.0 Å². The van der Waals surface area contributed by atoms with Crippen LogP contribution in [-0.2, 0) is 0 Å². The average molecular weight is 236 g/mol. The number of likely N-dealkylation sites (N-methyl/N-ethyl adjacent to an activating group) is 1. The summed E-state index contributed by atoms with van der Waals surface area (Å²) in [6, 6.07) is 2.38. The normalized spacial score (nSPS) is 12.8. The van der Waals surface area contributed by atoms with Crippen LogP contribution < -0.4 is 5.32 Å². The van der Waals surface area contributed by atoms with Crippen molar-refractivity contribution in [2.24, 2.45) is 0 Å². The number of hydrogen-bond acceptors (Lipinski definition) is 4. The van der Waals surface area contributed by atoms with Crippen LogP contribution >= 0.6 is 0 Å². The van der Waals surface area contributed by atoms with Crippen LogP contribution in [-0.4, -0.2) is 40.5 Å². The zero-order valence-electron chi connectivity index (χ0n) is 11.6. The fourth-order valence-electron chi connectivity index (χ4n) is 1.96. The van der Waals surface area contributed by atoms with E-state index in [1.54, 1.807) is 0 Å². The van der Waals surface area contributed by atoms with Crippen molar-refractivity contribution in [1.29, 1.82) is 0 Å². The van der Waals surface area contributed by atoms with E-state index in [0.29, 0.717) is 6.04 Å². The van der Waals surface area contributed by atoms with Gasteiger partial charge in [-0.25, -0.2) is 9.97 Å². The molecule has 0 saturated heterocycles. The Balaban J connectivity index is 2.58. The van der Waals surface area contributed by atoms with Crippen molar-refractivity contribution in [3.63, 3.8) is 0 Å². The molecule has 0 aliphatic rings. The summed E-state index contributed by atoms with van der Waals surface area (Å²) in [6.07, 6.45) is 0. The van der Waals surface area contributed by atoms with E-state index in [1.807, 2.05) is 19.9 Å².